The van der Waals surface area contributed by atoms with E-state index in [0.717, 1.165) is 18.4 Å². The molecule has 2 aliphatic rings. The third-order valence-corrected chi connectivity index (χ3v) is 4.05. The van der Waals surface area contributed by atoms with Crippen molar-refractivity contribution in [1.82, 2.24) is 15.3 Å². The first-order valence-corrected chi connectivity index (χ1v) is 6.71. The molecule has 0 saturated heterocycles. The Bertz CT molecular complexity index is 707. The van der Waals surface area contributed by atoms with Crippen LogP contribution in [-0.2, 0) is 18.6 Å². The van der Waals surface area contributed by atoms with Crippen LogP contribution >= 0.6 is 0 Å². The van der Waals surface area contributed by atoms with Crippen LogP contribution < -0.4 is 16.4 Å². The van der Waals surface area contributed by atoms with Crippen LogP contribution in [0.2, 0.25) is 0 Å². The molecule has 20 heavy (non-hydrogen) atoms. The van der Waals surface area contributed by atoms with Crippen LogP contribution in [-0.4, -0.2) is 15.9 Å². The minimum Gasteiger partial charge on any atom is -0.339 e. The van der Waals surface area contributed by atoms with E-state index in [-0.39, 0.29) is 5.91 Å². The van der Waals surface area contributed by atoms with Gasteiger partial charge in [0.25, 0.3) is 5.91 Å². The summed E-state index contributed by atoms with van der Waals surface area (Å²) < 4.78 is 0. The average molecular weight is 269 g/mol. The minimum absolute atomic E-state index is 0.251. The van der Waals surface area contributed by atoms with Gasteiger partial charge in [-0.3, -0.25) is 10.5 Å². The number of H-pyrrole nitrogens is 1. The molecule has 5 N–H and O–H groups in total. The summed E-state index contributed by atoms with van der Waals surface area (Å²) in [6.07, 6.45) is 4.85. The van der Waals surface area contributed by atoms with Crippen LogP contribution in [0.25, 0.3) is 0 Å². The first kappa shape index (κ1) is 11.5. The molecule has 1 aliphatic heterocycles. The van der Waals surface area contributed by atoms with Gasteiger partial charge in [-0.1, -0.05) is 12.1 Å². The van der Waals surface area contributed by atoms with E-state index in [1.54, 1.807) is 0 Å². The monoisotopic (exact) mass is 269 g/mol. The van der Waals surface area contributed by atoms with Crippen molar-refractivity contribution in [3.05, 3.63) is 46.9 Å². The van der Waals surface area contributed by atoms with E-state index >= 15 is 0 Å². The topological polar surface area (TPSA) is 95.8 Å². The second-order valence-corrected chi connectivity index (χ2v) is 5.35. The summed E-state index contributed by atoms with van der Waals surface area (Å²) in [5.41, 5.74) is 10.3. The van der Waals surface area contributed by atoms with E-state index in [4.69, 9.17) is 5.73 Å². The number of fused-ring (bicyclic) bond motifs is 2. The summed E-state index contributed by atoms with van der Waals surface area (Å²) in [5.74, 6) is -0.882. The highest BCUT2D eigenvalue weighted by Gasteiger charge is 2.37. The number of benzene rings is 1. The average Bonchev–Trinajstić information content (AvgIpc) is 3.05. The maximum absolute atomic E-state index is 12.1. The van der Waals surface area contributed by atoms with Gasteiger partial charge in [0.2, 0.25) is 0 Å². The molecule has 6 heteroatoms. The number of aryl methyl sites for hydroxylation is 2. The van der Waals surface area contributed by atoms with Gasteiger partial charge in [-0.05, 0) is 36.5 Å². The van der Waals surface area contributed by atoms with Crippen molar-refractivity contribution in [2.45, 2.75) is 25.0 Å². The number of rotatable bonds is 1. The van der Waals surface area contributed by atoms with Gasteiger partial charge in [0.15, 0.2) is 11.6 Å². The Balaban J connectivity index is 1.77. The van der Waals surface area contributed by atoms with E-state index < -0.39 is 5.79 Å². The van der Waals surface area contributed by atoms with Gasteiger partial charge >= 0.3 is 0 Å². The highest BCUT2D eigenvalue weighted by atomic mass is 16.2. The third kappa shape index (κ3) is 1.55. The van der Waals surface area contributed by atoms with E-state index in [1.165, 1.54) is 23.9 Å². The fourth-order valence-electron chi connectivity index (χ4n) is 2.98. The molecule has 1 unspecified atom stereocenters. The predicted molar refractivity (Wildman–Crippen MR) is 74.0 cm³/mol. The molecule has 1 aliphatic carbocycles. The second-order valence-electron chi connectivity index (χ2n) is 5.35. The maximum Gasteiger partial charge on any atom is 0.274 e. The van der Waals surface area contributed by atoms with Crippen LogP contribution in [0.3, 0.4) is 0 Å². The zero-order valence-electron chi connectivity index (χ0n) is 10.9. The summed E-state index contributed by atoms with van der Waals surface area (Å²) >= 11 is 0. The fraction of sp³-hybridized carbons (Fsp3) is 0.286. The number of hydrogen-bond donors (Lipinski definition) is 4. The van der Waals surface area contributed by atoms with Gasteiger partial charge in [-0.15, -0.1) is 0 Å². The molecule has 6 nitrogen and oxygen atoms in total. The lowest BCUT2D eigenvalue weighted by Crippen LogP contribution is -2.61. The van der Waals surface area contributed by atoms with Gasteiger partial charge in [0.1, 0.15) is 5.69 Å². The number of amides is 1. The van der Waals surface area contributed by atoms with Crippen molar-refractivity contribution in [2.24, 2.45) is 5.73 Å². The molecular weight excluding hydrogens is 254 g/mol. The van der Waals surface area contributed by atoms with Crippen LogP contribution in [0.1, 0.15) is 33.6 Å². The minimum atomic E-state index is -1.11. The van der Waals surface area contributed by atoms with E-state index in [2.05, 4.69) is 32.7 Å². The molecule has 0 radical (unpaired) electrons. The van der Waals surface area contributed by atoms with Crippen LogP contribution in [0.4, 0.5) is 5.82 Å². The number of imidazole rings is 1. The summed E-state index contributed by atoms with van der Waals surface area (Å²) in [4.78, 5) is 19.0. The van der Waals surface area contributed by atoms with Gasteiger partial charge < -0.3 is 15.6 Å². The number of carbonyl (C=O) groups is 1. The Kier molecular flexibility index (Phi) is 2.20. The molecule has 1 aromatic carbocycles. The lowest BCUT2D eigenvalue weighted by Gasteiger charge is -2.35. The standard InChI is InChI=1S/C14H15N5O/c15-14(10-5-4-8-2-1-3-9(8)6-10)18-12-11(13(20)19-14)16-7-17-12/h4-7,18H,1-3,15H2,(H,16,17)(H,19,20). The Labute approximate surface area is 115 Å². The summed E-state index contributed by atoms with van der Waals surface area (Å²) in [7, 11) is 0. The van der Waals surface area contributed by atoms with Crippen LogP contribution in [0, 0.1) is 0 Å². The van der Waals surface area contributed by atoms with Gasteiger partial charge in [-0.25, -0.2) is 4.98 Å². The van der Waals surface area contributed by atoms with Crippen LogP contribution in [0.15, 0.2) is 24.5 Å². The summed E-state index contributed by atoms with van der Waals surface area (Å²) in [6.45, 7) is 0. The maximum atomic E-state index is 12.1. The molecule has 1 aromatic heterocycles. The Morgan fingerprint density at radius 3 is 2.95 bits per heavy atom. The highest BCUT2D eigenvalue weighted by Crippen LogP contribution is 2.29. The van der Waals surface area contributed by atoms with Gasteiger partial charge in [0, 0.05) is 5.56 Å². The number of aromatic amines is 1. The molecule has 2 aromatic rings. The molecule has 0 bridgehead atoms. The number of nitrogens with two attached hydrogens (primary N) is 1. The number of hydrogen-bond acceptors (Lipinski definition) is 4. The van der Waals surface area contributed by atoms with Crippen molar-refractivity contribution in [3.63, 3.8) is 0 Å². The summed E-state index contributed by atoms with van der Waals surface area (Å²) in [5, 5.41) is 5.89. The third-order valence-electron chi connectivity index (χ3n) is 4.05. The highest BCUT2D eigenvalue weighted by molar-refractivity contribution is 5.99. The van der Waals surface area contributed by atoms with Crippen molar-refractivity contribution < 1.29 is 4.79 Å². The summed E-state index contributed by atoms with van der Waals surface area (Å²) in [6, 6.07) is 6.14. The number of carbonyl (C=O) groups excluding carboxylic acids is 1. The van der Waals surface area contributed by atoms with Crippen molar-refractivity contribution in [2.75, 3.05) is 5.32 Å². The van der Waals surface area contributed by atoms with Crippen LogP contribution in [0.5, 0.6) is 0 Å². The Morgan fingerprint density at radius 1 is 1.20 bits per heavy atom. The molecular formula is C14H15N5O. The zero-order chi connectivity index (χ0) is 13.7. The quantitative estimate of drug-likeness (QED) is 0.616. The van der Waals surface area contributed by atoms with E-state index in [9.17, 15) is 4.79 Å². The molecule has 0 saturated carbocycles. The molecule has 4 rings (SSSR count). The Hall–Kier alpha value is -2.34. The van der Waals surface area contributed by atoms with Gasteiger partial charge in [0.05, 0.1) is 6.33 Å². The number of anilines is 1. The van der Waals surface area contributed by atoms with Crippen molar-refractivity contribution in [3.8, 4) is 0 Å². The van der Waals surface area contributed by atoms with Crippen molar-refractivity contribution in [1.29, 1.82) is 0 Å². The first-order chi connectivity index (χ1) is 9.66. The first-order valence-electron chi connectivity index (χ1n) is 6.71. The molecule has 1 atom stereocenters. The lowest BCUT2D eigenvalue weighted by atomic mass is 10.0. The van der Waals surface area contributed by atoms with Gasteiger partial charge in [-0.2, -0.15) is 0 Å². The number of nitrogens with zero attached hydrogens (tertiary/aromatic N) is 1. The van der Waals surface area contributed by atoms with E-state index in [0.29, 0.717) is 11.5 Å². The second kappa shape index (κ2) is 3.83. The largest absolute Gasteiger partial charge is 0.339 e. The smallest absolute Gasteiger partial charge is 0.274 e. The number of aromatic nitrogens is 2. The van der Waals surface area contributed by atoms with Crippen molar-refractivity contribution >= 4 is 11.7 Å². The molecule has 1 amide bonds. The molecule has 102 valence electrons. The van der Waals surface area contributed by atoms with E-state index in [1.807, 2.05) is 6.07 Å². The normalized spacial score (nSPS) is 23.8. The zero-order valence-corrected chi connectivity index (χ0v) is 10.9. The Morgan fingerprint density at radius 2 is 2.05 bits per heavy atom. The molecule has 2 heterocycles. The lowest BCUT2D eigenvalue weighted by molar-refractivity contribution is 0.0896. The SMILES string of the molecule is NC1(c2ccc3c(c2)CCC3)NC(=O)c2[nH]cnc2N1. The number of nitrogens with one attached hydrogen (secondary N) is 3. The predicted octanol–water partition coefficient (Wildman–Crippen LogP) is 0.823. The molecule has 0 fully saturated rings. The fourth-order valence-corrected chi connectivity index (χ4v) is 2.98. The molecule has 0 spiro atoms.